The van der Waals surface area contributed by atoms with Crippen molar-refractivity contribution in [2.24, 2.45) is 0 Å². The molecule has 30 heavy (non-hydrogen) atoms. The summed E-state index contributed by atoms with van der Waals surface area (Å²) in [6, 6.07) is 8.22. The van der Waals surface area contributed by atoms with E-state index in [1.54, 1.807) is 25.1 Å². The number of rotatable bonds is 3. The molecule has 154 valence electrons. The molecule has 0 spiro atoms. The third-order valence-corrected chi connectivity index (χ3v) is 4.10. The predicted molar refractivity (Wildman–Crippen MR) is 98.0 cm³/mol. The molecule has 0 amide bonds. The predicted octanol–water partition coefficient (Wildman–Crippen LogP) is 3.24. The highest BCUT2D eigenvalue weighted by molar-refractivity contribution is 5.60. The Morgan fingerprint density at radius 1 is 1.20 bits per heavy atom. The summed E-state index contributed by atoms with van der Waals surface area (Å²) in [5.41, 5.74) is 1.14. The quantitative estimate of drug-likeness (QED) is 0.499. The third kappa shape index (κ3) is 3.75. The fourth-order valence-electron chi connectivity index (χ4n) is 2.69. The second-order valence-electron chi connectivity index (χ2n) is 6.17. The molecule has 0 saturated heterocycles. The molecule has 0 aliphatic rings. The van der Waals surface area contributed by atoms with Crippen molar-refractivity contribution < 1.29 is 22.3 Å². The van der Waals surface area contributed by atoms with Crippen LogP contribution < -0.4 is 21.7 Å². The number of nitrogen functional groups attached to an aromatic ring is 1. The van der Waals surface area contributed by atoms with Crippen LogP contribution in [0.2, 0.25) is 0 Å². The van der Waals surface area contributed by atoms with E-state index >= 15 is 0 Å². The van der Waals surface area contributed by atoms with Crippen molar-refractivity contribution in [2.45, 2.75) is 13.1 Å². The zero-order valence-corrected chi connectivity index (χ0v) is 15.2. The van der Waals surface area contributed by atoms with Gasteiger partial charge in [0, 0.05) is 12.1 Å². The van der Waals surface area contributed by atoms with Crippen LogP contribution in [0, 0.1) is 24.1 Å². The number of alkyl halides is 3. The van der Waals surface area contributed by atoms with Crippen molar-refractivity contribution in [3.05, 3.63) is 79.9 Å². The number of anilines is 1. The summed E-state index contributed by atoms with van der Waals surface area (Å²) in [5.74, 6) is -1.29. The number of nitrogens with two attached hydrogens (primary N) is 1. The van der Waals surface area contributed by atoms with Gasteiger partial charge in [0.15, 0.2) is 5.75 Å². The Morgan fingerprint density at radius 2 is 1.90 bits per heavy atom. The summed E-state index contributed by atoms with van der Waals surface area (Å²) in [6.07, 6.45) is -4.97. The van der Waals surface area contributed by atoms with Gasteiger partial charge in [-0.1, -0.05) is 12.1 Å². The van der Waals surface area contributed by atoms with E-state index in [0.29, 0.717) is 11.6 Å². The summed E-state index contributed by atoms with van der Waals surface area (Å²) in [6.45, 7) is 1.66. The van der Waals surface area contributed by atoms with Gasteiger partial charge in [0.05, 0.1) is 16.9 Å². The number of halogens is 4. The van der Waals surface area contributed by atoms with Crippen molar-refractivity contribution in [3.8, 4) is 23.3 Å². The van der Waals surface area contributed by atoms with E-state index in [4.69, 9.17) is 10.5 Å². The Kier molecular flexibility index (Phi) is 5.09. The minimum absolute atomic E-state index is 0.124. The van der Waals surface area contributed by atoms with Crippen molar-refractivity contribution in [1.82, 2.24) is 9.55 Å². The maximum Gasteiger partial charge on any atom is 0.431 e. The Labute approximate surface area is 165 Å². The molecule has 1 aromatic heterocycles. The summed E-state index contributed by atoms with van der Waals surface area (Å²) in [5, 5.41) is 9.27. The number of aromatic amines is 1. The van der Waals surface area contributed by atoms with Gasteiger partial charge in [0.25, 0.3) is 5.56 Å². The van der Waals surface area contributed by atoms with Gasteiger partial charge >= 0.3 is 11.9 Å². The molecule has 0 saturated carbocycles. The lowest BCUT2D eigenvalue weighted by Gasteiger charge is -2.15. The SMILES string of the molecule is Cc1cccc(N)c1Oc1cc(-n2c(=O)cc(C(F)(F)F)[nH]c2=O)c(F)cc1C#N. The van der Waals surface area contributed by atoms with Gasteiger partial charge < -0.3 is 15.5 Å². The van der Waals surface area contributed by atoms with Crippen LogP contribution in [0.25, 0.3) is 5.69 Å². The molecule has 11 heteroatoms. The number of hydrogen-bond acceptors (Lipinski definition) is 5. The monoisotopic (exact) mass is 420 g/mol. The van der Waals surface area contributed by atoms with Crippen LogP contribution in [-0.2, 0) is 6.18 Å². The molecular formula is C19H12F4N4O3. The number of hydrogen-bond donors (Lipinski definition) is 2. The lowest BCUT2D eigenvalue weighted by molar-refractivity contribution is -0.141. The van der Waals surface area contributed by atoms with E-state index in [0.717, 1.165) is 6.07 Å². The van der Waals surface area contributed by atoms with E-state index < -0.39 is 34.6 Å². The average Bonchev–Trinajstić information content (AvgIpc) is 2.65. The van der Waals surface area contributed by atoms with Crippen LogP contribution in [0.4, 0.5) is 23.2 Å². The second kappa shape index (κ2) is 7.40. The largest absolute Gasteiger partial charge is 0.453 e. The zero-order valence-electron chi connectivity index (χ0n) is 15.2. The van der Waals surface area contributed by atoms with Gasteiger partial charge in [-0.3, -0.25) is 4.79 Å². The molecule has 0 atom stereocenters. The van der Waals surface area contributed by atoms with Gasteiger partial charge in [0.1, 0.15) is 23.3 Å². The highest BCUT2D eigenvalue weighted by Crippen LogP contribution is 2.34. The van der Waals surface area contributed by atoms with Gasteiger partial charge in [-0.05, 0) is 24.6 Å². The summed E-state index contributed by atoms with van der Waals surface area (Å²) < 4.78 is 58.7. The standard InChI is InChI=1S/C19H12F4N4O3/c1-9-3-2-4-12(25)17(9)30-14-6-13(11(20)5-10(14)8-24)27-16(28)7-15(19(21,22)23)26-18(27)29/h2-7H,25H2,1H3,(H,26,29). The van der Waals surface area contributed by atoms with Crippen molar-refractivity contribution in [2.75, 3.05) is 5.73 Å². The van der Waals surface area contributed by atoms with Crippen LogP contribution in [0.3, 0.4) is 0 Å². The van der Waals surface area contributed by atoms with E-state index in [-0.39, 0.29) is 33.4 Å². The maximum absolute atomic E-state index is 14.5. The minimum Gasteiger partial charge on any atom is -0.453 e. The smallest absolute Gasteiger partial charge is 0.431 e. The topological polar surface area (TPSA) is 114 Å². The number of nitrogens with zero attached hydrogens (tertiary/aromatic N) is 2. The van der Waals surface area contributed by atoms with Crippen LogP contribution in [0.15, 0.2) is 46.0 Å². The van der Waals surface area contributed by atoms with Gasteiger partial charge in [-0.15, -0.1) is 0 Å². The minimum atomic E-state index is -4.97. The number of aryl methyl sites for hydroxylation is 1. The Hall–Kier alpha value is -4.07. The molecule has 1 heterocycles. The summed E-state index contributed by atoms with van der Waals surface area (Å²) in [4.78, 5) is 25.7. The van der Waals surface area contributed by atoms with Gasteiger partial charge in [-0.2, -0.15) is 18.4 Å². The van der Waals surface area contributed by atoms with Crippen LogP contribution in [0.1, 0.15) is 16.8 Å². The first-order valence-corrected chi connectivity index (χ1v) is 8.23. The first-order chi connectivity index (χ1) is 14.0. The average molecular weight is 420 g/mol. The van der Waals surface area contributed by atoms with E-state index in [1.807, 2.05) is 0 Å². The molecule has 0 aliphatic carbocycles. The van der Waals surface area contributed by atoms with E-state index in [1.165, 1.54) is 11.1 Å². The molecule has 7 nitrogen and oxygen atoms in total. The number of nitrogens with one attached hydrogen (secondary N) is 1. The molecule has 0 unspecified atom stereocenters. The molecule has 3 rings (SSSR count). The highest BCUT2D eigenvalue weighted by atomic mass is 19.4. The number of ether oxygens (including phenoxy) is 1. The molecule has 0 bridgehead atoms. The first kappa shape index (κ1) is 20.7. The number of benzene rings is 2. The molecule has 0 aliphatic heterocycles. The summed E-state index contributed by atoms with van der Waals surface area (Å²) in [7, 11) is 0. The molecule has 0 radical (unpaired) electrons. The fraction of sp³-hybridized carbons (Fsp3) is 0.105. The number of H-pyrrole nitrogens is 1. The van der Waals surface area contributed by atoms with Crippen molar-refractivity contribution in [3.63, 3.8) is 0 Å². The lowest BCUT2D eigenvalue weighted by Crippen LogP contribution is -2.36. The molecule has 3 N–H and O–H groups in total. The van der Waals surface area contributed by atoms with Crippen LogP contribution in [-0.4, -0.2) is 9.55 Å². The Bertz CT molecular complexity index is 1250. The molecule has 2 aromatic carbocycles. The Balaban J connectivity index is 2.22. The molecule has 3 aromatic rings. The second-order valence-corrected chi connectivity index (χ2v) is 6.17. The van der Waals surface area contributed by atoms with Crippen molar-refractivity contribution in [1.29, 1.82) is 5.26 Å². The molecular weight excluding hydrogens is 408 g/mol. The number of aromatic nitrogens is 2. The zero-order chi connectivity index (χ0) is 22.2. The Morgan fingerprint density at radius 3 is 2.47 bits per heavy atom. The van der Waals surface area contributed by atoms with Crippen LogP contribution in [0.5, 0.6) is 11.5 Å². The lowest BCUT2D eigenvalue weighted by atomic mass is 10.1. The maximum atomic E-state index is 14.5. The van der Waals surface area contributed by atoms with Gasteiger partial charge in [0.2, 0.25) is 0 Å². The number of para-hydroxylation sites is 1. The van der Waals surface area contributed by atoms with Crippen molar-refractivity contribution >= 4 is 5.69 Å². The summed E-state index contributed by atoms with van der Waals surface area (Å²) >= 11 is 0. The van der Waals surface area contributed by atoms with E-state index in [9.17, 15) is 32.4 Å². The fourth-order valence-corrected chi connectivity index (χ4v) is 2.69. The van der Waals surface area contributed by atoms with E-state index in [2.05, 4.69) is 0 Å². The number of nitriles is 1. The third-order valence-electron chi connectivity index (χ3n) is 4.10. The highest BCUT2D eigenvalue weighted by Gasteiger charge is 2.33. The van der Waals surface area contributed by atoms with Gasteiger partial charge in [-0.25, -0.2) is 13.8 Å². The van der Waals surface area contributed by atoms with Crippen LogP contribution >= 0.6 is 0 Å². The molecule has 0 fully saturated rings. The normalized spacial score (nSPS) is 11.2. The first-order valence-electron chi connectivity index (χ1n) is 8.23.